The third kappa shape index (κ3) is 16.0. The fourth-order valence-corrected chi connectivity index (χ4v) is 3.65. The lowest BCUT2D eigenvalue weighted by atomic mass is 9.77. The first kappa shape index (κ1) is 38.7. The molecule has 0 bridgehead atoms. The molecule has 2 fully saturated rings. The molecule has 1 saturated heterocycles. The monoisotopic (exact) mass is 506 g/mol. The van der Waals surface area contributed by atoms with Crippen LogP contribution >= 0.6 is 0 Å². The molecule has 0 aromatic heterocycles. The third-order valence-corrected chi connectivity index (χ3v) is 5.10. The summed E-state index contributed by atoms with van der Waals surface area (Å²) in [5.74, 6) is 6.13. The number of hydrogen-bond acceptors (Lipinski definition) is 5. The number of β-amino-alcohol motifs (C(OH)–C–C–N with tert-alkyl or cyclic N) is 1. The summed E-state index contributed by atoms with van der Waals surface area (Å²) in [6.07, 6.45) is 3.49. The highest BCUT2D eigenvalue weighted by Gasteiger charge is 2.44. The van der Waals surface area contributed by atoms with Crippen LogP contribution in [0.3, 0.4) is 0 Å². The molecule has 1 saturated carbocycles. The fraction of sp³-hybridized carbons (Fsp3) is 0.677. The van der Waals surface area contributed by atoms with Crippen LogP contribution in [0.15, 0.2) is 36.9 Å². The first-order valence-electron chi connectivity index (χ1n) is 13.9. The van der Waals surface area contributed by atoms with E-state index in [-0.39, 0.29) is 6.10 Å². The largest absolute Gasteiger partial charge is 0.388 e. The Bertz CT molecular complexity index is 668. The molecule has 36 heavy (non-hydrogen) atoms. The molecule has 0 atom stereocenters. The second-order valence-corrected chi connectivity index (χ2v) is 7.45. The van der Waals surface area contributed by atoms with Crippen LogP contribution in [0, 0.1) is 11.8 Å². The number of anilines is 1. The van der Waals surface area contributed by atoms with Crippen molar-refractivity contribution in [3.8, 4) is 11.8 Å². The number of methoxy groups -OCH3 is 2. The summed E-state index contributed by atoms with van der Waals surface area (Å²) in [6, 6.07) is 8.36. The molecule has 1 heterocycles. The smallest absolute Gasteiger partial charge is 0.107 e. The number of nitrogens with zero attached hydrogens (tertiary/aromatic N) is 2. The zero-order chi connectivity index (χ0) is 28.4. The van der Waals surface area contributed by atoms with E-state index in [1.165, 1.54) is 5.69 Å². The van der Waals surface area contributed by atoms with Crippen LogP contribution in [0.1, 0.15) is 80.7 Å². The molecule has 1 aromatic carbocycles. The van der Waals surface area contributed by atoms with E-state index in [1.807, 2.05) is 68.4 Å². The minimum atomic E-state index is -0.556. The Labute approximate surface area is 224 Å². The van der Waals surface area contributed by atoms with Crippen LogP contribution < -0.4 is 4.90 Å². The molecule has 1 aromatic rings. The van der Waals surface area contributed by atoms with Crippen molar-refractivity contribution >= 4 is 5.69 Å². The summed E-state index contributed by atoms with van der Waals surface area (Å²) in [4.78, 5) is 4.76. The van der Waals surface area contributed by atoms with E-state index in [1.54, 1.807) is 20.3 Å². The average Bonchev–Trinajstić information content (AvgIpc) is 2.93. The molecular formula is C31H58N2O3. The summed E-state index contributed by atoms with van der Waals surface area (Å²) in [5.41, 5.74) is 1.68. The Hall–Kier alpha value is -1.84. The molecule has 0 spiro atoms. The van der Waals surface area contributed by atoms with Crippen molar-refractivity contribution in [1.29, 1.82) is 0 Å². The van der Waals surface area contributed by atoms with Gasteiger partial charge in [-0.3, -0.25) is 4.90 Å². The Morgan fingerprint density at radius 2 is 1.53 bits per heavy atom. The summed E-state index contributed by atoms with van der Waals surface area (Å²) in [6.45, 7) is 26.3. The van der Waals surface area contributed by atoms with E-state index in [0.29, 0.717) is 6.61 Å². The van der Waals surface area contributed by atoms with Crippen LogP contribution in [-0.2, 0) is 9.47 Å². The summed E-state index contributed by atoms with van der Waals surface area (Å²) >= 11 is 0. The van der Waals surface area contributed by atoms with E-state index in [9.17, 15) is 5.11 Å². The van der Waals surface area contributed by atoms with Gasteiger partial charge in [-0.1, -0.05) is 79.4 Å². The van der Waals surface area contributed by atoms with Gasteiger partial charge in [-0.25, -0.2) is 0 Å². The van der Waals surface area contributed by atoms with Crippen LogP contribution in [0.4, 0.5) is 5.69 Å². The van der Waals surface area contributed by atoms with Gasteiger partial charge in [0.15, 0.2) is 0 Å². The van der Waals surface area contributed by atoms with Crippen LogP contribution in [0.25, 0.3) is 0 Å². The van der Waals surface area contributed by atoms with Gasteiger partial charge in [0.25, 0.3) is 0 Å². The topological polar surface area (TPSA) is 45.2 Å². The lowest BCUT2D eigenvalue weighted by Gasteiger charge is -2.47. The molecule has 1 N–H and O–H groups in total. The molecule has 0 radical (unpaired) electrons. The van der Waals surface area contributed by atoms with Crippen molar-refractivity contribution in [3.05, 3.63) is 42.5 Å². The van der Waals surface area contributed by atoms with Gasteiger partial charge in [-0.2, -0.15) is 0 Å². The highest BCUT2D eigenvalue weighted by Crippen LogP contribution is 2.35. The van der Waals surface area contributed by atoms with E-state index in [0.717, 1.165) is 51.1 Å². The Morgan fingerprint density at radius 3 is 2.00 bits per heavy atom. The summed E-state index contributed by atoms with van der Waals surface area (Å²) < 4.78 is 10.3. The van der Waals surface area contributed by atoms with E-state index in [4.69, 9.17) is 9.47 Å². The standard InChI is InChI=1S/C20H28N2O3.C3H6.4C2H6/c1-24-12-4-6-17-5-3-7-18(13-17)22-10-8-21(9-11-22)16-20(23)14-19(15-20)25-2;1-3-2;4*1-2/h3,5,7,13,19,23H,8-12,14-16H2,1-2H3;3H,1H2,2H3;4*1-2H3. The quantitative estimate of drug-likeness (QED) is 0.358. The number of aliphatic hydroxyl groups is 1. The van der Waals surface area contributed by atoms with Crippen molar-refractivity contribution in [1.82, 2.24) is 4.90 Å². The molecule has 210 valence electrons. The lowest BCUT2D eigenvalue weighted by Crippen LogP contribution is -2.58. The van der Waals surface area contributed by atoms with Gasteiger partial charge >= 0.3 is 0 Å². The maximum absolute atomic E-state index is 10.5. The van der Waals surface area contributed by atoms with Crippen LogP contribution in [-0.4, -0.2) is 75.3 Å². The summed E-state index contributed by atoms with van der Waals surface area (Å²) in [7, 11) is 3.37. The number of rotatable bonds is 5. The predicted octanol–water partition coefficient (Wildman–Crippen LogP) is 6.64. The first-order valence-corrected chi connectivity index (χ1v) is 13.9. The van der Waals surface area contributed by atoms with Crippen molar-refractivity contribution < 1.29 is 14.6 Å². The lowest BCUT2D eigenvalue weighted by molar-refractivity contribution is -0.139. The van der Waals surface area contributed by atoms with Crippen molar-refractivity contribution in [2.75, 3.05) is 58.5 Å². The third-order valence-electron chi connectivity index (χ3n) is 5.10. The van der Waals surface area contributed by atoms with Gasteiger partial charge in [-0.15, -0.1) is 6.58 Å². The summed E-state index contributed by atoms with van der Waals surface area (Å²) in [5, 5.41) is 10.5. The highest BCUT2D eigenvalue weighted by atomic mass is 16.5. The fourth-order valence-electron chi connectivity index (χ4n) is 3.65. The number of benzene rings is 1. The molecule has 1 aliphatic carbocycles. The van der Waals surface area contributed by atoms with Gasteiger partial charge in [0.1, 0.15) is 6.61 Å². The zero-order valence-corrected chi connectivity index (χ0v) is 25.5. The van der Waals surface area contributed by atoms with Crippen molar-refractivity contribution in [3.63, 3.8) is 0 Å². The van der Waals surface area contributed by atoms with Gasteiger partial charge in [0, 0.05) is 71.0 Å². The number of hydrogen-bond donors (Lipinski definition) is 1. The SMILES string of the molecule is C=CC.CC.CC.CC.CC.COCC#Cc1cccc(N2CCN(CC3(O)CC(OC)C3)CC2)c1. The number of ether oxygens (including phenoxy) is 2. The van der Waals surface area contributed by atoms with Crippen LogP contribution in [0.2, 0.25) is 0 Å². The predicted molar refractivity (Wildman–Crippen MR) is 160 cm³/mol. The minimum absolute atomic E-state index is 0.230. The molecular weight excluding hydrogens is 448 g/mol. The first-order chi connectivity index (χ1) is 17.5. The Balaban J connectivity index is -0.000000869. The number of allylic oxidation sites excluding steroid dienone is 1. The second kappa shape index (κ2) is 26.2. The molecule has 3 rings (SSSR count). The minimum Gasteiger partial charge on any atom is -0.388 e. The highest BCUT2D eigenvalue weighted by molar-refractivity contribution is 5.53. The molecule has 1 aliphatic heterocycles. The molecule has 0 unspecified atom stereocenters. The van der Waals surface area contributed by atoms with E-state index in [2.05, 4.69) is 46.4 Å². The van der Waals surface area contributed by atoms with Gasteiger partial charge in [0.2, 0.25) is 0 Å². The second-order valence-electron chi connectivity index (χ2n) is 7.45. The maximum Gasteiger partial charge on any atom is 0.107 e. The van der Waals surface area contributed by atoms with Crippen LogP contribution in [0.5, 0.6) is 0 Å². The molecule has 5 heteroatoms. The van der Waals surface area contributed by atoms with Crippen molar-refractivity contribution in [2.45, 2.75) is 86.9 Å². The van der Waals surface area contributed by atoms with Gasteiger partial charge < -0.3 is 19.5 Å². The average molecular weight is 507 g/mol. The van der Waals surface area contributed by atoms with E-state index >= 15 is 0 Å². The number of piperazine rings is 1. The zero-order valence-electron chi connectivity index (χ0n) is 25.5. The van der Waals surface area contributed by atoms with E-state index < -0.39 is 5.60 Å². The van der Waals surface area contributed by atoms with Gasteiger partial charge in [-0.05, 0) is 25.1 Å². The molecule has 5 nitrogen and oxygen atoms in total. The Kier molecular flexibility index (Phi) is 28.2. The van der Waals surface area contributed by atoms with Gasteiger partial charge in [0.05, 0.1) is 11.7 Å². The normalized spacial score (nSPS) is 19.6. The molecule has 0 amide bonds. The Morgan fingerprint density at radius 1 is 1.00 bits per heavy atom. The maximum atomic E-state index is 10.5. The molecule has 2 aliphatic rings. The van der Waals surface area contributed by atoms with Crippen molar-refractivity contribution in [2.24, 2.45) is 0 Å².